The van der Waals surface area contributed by atoms with Gasteiger partial charge in [-0.05, 0) is 64.2 Å². The fraction of sp³-hybridized carbons (Fsp3) is 0.818. The maximum Gasteiger partial charge on any atom is 0.536 e. The lowest BCUT2D eigenvalue weighted by Crippen LogP contribution is -2.61. The fourth-order valence-electron chi connectivity index (χ4n) is 9.52. The number of ketones is 2. The third-order valence-corrected chi connectivity index (χ3v) is 14.0. The number of cyclic esters (lactones) is 2. The predicted molar refractivity (Wildman–Crippen MR) is 215 cm³/mol. The van der Waals surface area contributed by atoms with Crippen LogP contribution in [0.3, 0.4) is 0 Å². The van der Waals surface area contributed by atoms with Gasteiger partial charge in [0.15, 0.2) is 23.8 Å². The molecule has 0 aromatic rings. The Balaban J connectivity index is 1.50. The zero-order chi connectivity index (χ0) is 43.0. The number of carbonyl (C=O) groups excluding carboxylic acids is 4. The second-order valence-corrected chi connectivity index (χ2v) is 19.0. The third-order valence-electron chi connectivity index (χ3n) is 14.0. The van der Waals surface area contributed by atoms with Crippen LogP contribution in [0.2, 0.25) is 0 Å². The van der Waals surface area contributed by atoms with Gasteiger partial charge in [-0.3, -0.25) is 9.59 Å². The Bertz CT molecular complexity index is 1490. The van der Waals surface area contributed by atoms with E-state index in [4.69, 9.17) is 37.6 Å². The van der Waals surface area contributed by atoms with Gasteiger partial charge in [-0.1, -0.05) is 79.7 Å². The molecule has 7 bridgehead atoms. The average molecular weight is 832 g/mol. The normalized spacial score (nSPS) is 43.8. The van der Waals surface area contributed by atoms with Gasteiger partial charge in [-0.2, -0.15) is 0 Å². The van der Waals surface area contributed by atoms with Gasteiger partial charge in [-0.15, -0.1) is 0 Å². The number of hydrogen-bond acceptors (Lipinski definition) is 14. The van der Waals surface area contributed by atoms with Gasteiger partial charge in [0, 0.05) is 48.3 Å². The Morgan fingerprint density at radius 2 is 1.00 bits per heavy atom. The number of aliphatic hydroxyl groups is 2. The van der Waals surface area contributed by atoms with Crippen LogP contribution in [0, 0.1) is 22.7 Å². The lowest BCUT2D eigenvalue weighted by atomic mass is 9.74. The minimum Gasteiger partial charge on any atom is -0.504 e. The first-order chi connectivity index (χ1) is 27.8. The van der Waals surface area contributed by atoms with Crippen molar-refractivity contribution in [3.63, 3.8) is 0 Å². The summed E-state index contributed by atoms with van der Waals surface area (Å²) in [6, 6.07) is 0. The molecule has 6 rings (SSSR count). The van der Waals surface area contributed by atoms with Gasteiger partial charge in [0.05, 0.1) is 24.4 Å². The number of fused-ring (bicyclic) bond motifs is 4. The van der Waals surface area contributed by atoms with E-state index in [-0.39, 0.29) is 24.4 Å². The SMILES string of the molecule is CC[C@H]1CC=CCC[C@H](O)CC(=O)C(C)(C)[C@@H]2CC[C@@H](C)[C@]3(O2)O[B-]24OC(C(=O)O1)[C@@]1(O[C@@H](CC[C@H]1C)C(C)(C)C(=O)C[C@@H](O)CCC=CC[C@H](CC)OC(=O)C3O2)O4. The minimum absolute atomic E-state index is 0.0918. The van der Waals surface area contributed by atoms with Crippen LogP contribution in [0.5, 0.6) is 0 Å². The molecule has 14 nitrogen and oxygen atoms in total. The van der Waals surface area contributed by atoms with Crippen molar-refractivity contribution in [2.75, 3.05) is 0 Å². The number of Topliss-reactive ketones (excluding diaryl/α,β-unsaturated/α-hetero) is 2. The molecule has 15 heteroatoms. The van der Waals surface area contributed by atoms with Crippen LogP contribution in [0.15, 0.2) is 24.3 Å². The van der Waals surface area contributed by atoms with Crippen LogP contribution in [0.4, 0.5) is 0 Å². The summed E-state index contributed by atoms with van der Waals surface area (Å²) in [7, 11) is 0. The summed E-state index contributed by atoms with van der Waals surface area (Å²) < 4.78 is 53.1. The number of hydrogen-bond donors (Lipinski definition) is 2. The van der Waals surface area contributed by atoms with Gasteiger partial charge < -0.3 is 47.8 Å². The lowest BCUT2D eigenvalue weighted by molar-refractivity contribution is -0.302. The first-order valence-electron chi connectivity index (χ1n) is 22.2. The van der Waals surface area contributed by atoms with Crippen molar-refractivity contribution in [3.05, 3.63) is 24.3 Å². The predicted octanol–water partition coefficient (Wildman–Crippen LogP) is 6.09. The van der Waals surface area contributed by atoms with Gasteiger partial charge in [0.2, 0.25) is 0 Å². The van der Waals surface area contributed by atoms with Crippen molar-refractivity contribution in [2.45, 2.75) is 206 Å². The Kier molecular flexibility index (Phi) is 14.1. The maximum absolute atomic E-state index is 14.6. The van der Waals surface area contributed by atoms with Gasteiger partial charge in [-0.25, -0.2) is 9.59 Å². The zero-order valence-corrected chi connectivity index (χ0v) is 36.4. The molecule has 0 saturated carbocycles. The van der Waals surface area contributed by atoms with Crippen LogP contribution in [0.25, 0.3) is 0 Å². The Morgan fingerprint density at radius 3 is 1.37 bits per heavy atom. The quantitative estimate of drug-likeness (QED) is 0.185. The largest absolute Gasteiger partial charge is 0.536 e. The summed E-state index contributed by atoms with van der Waals surface area (Å²) >= 11 is 0. The molecule has 4 saturated heterocycles. The number of ether oxygens (including phenoxy) is 4. The van der Waals surface area contributed by atoms with E-state index < -0.39 is 102 Å². The van der Waals surface area contributed by atoms with E-state index in [9.17, 15) is 29.4 Å². The standard InChI is InChI=1S/C44H68BO14/c1-9-31-19-15-11-13-17-29(46)25-33(48)42(7,8)36-24-22-28(4)44(55-36)38-40(51)53-32(10-2)20-16-12-14-18-30(47)26-34(49)41(5,6)35-23-21-27(3)43(54-35)37(39(50)52-31)56-45(57-38,58-43)59-44/h11-12,15-16,27-32,35-38,46-47H,9-10,13-14,17-26H2,1-8H3/q-1/t27-,28-,29+,30+,31+,32+,35+,36+,37?,38?,43+,44+,45?/m1/s1. The molecule has 0 aromatic carbocycles. The molecule has 0 amide bonds. The highest BCUT2D eigenvalue weighted by atomic mass is 17.0. The maximum atomic E-state index is 14.6. The summed E-state index contributed by atoms with van der Waals surface area (Å²) in [5, 5.41) is 21.9. The van der Waals surface area contributed by atoms with Crippen molar-refractivity contribution >= 4 is 30.5 Å². The molecule has 0 radical (unpaired) electrons. The molecule has 59 heavy (non-hydrogen) atoms. The highest BCUT2D eigenvalue weighted by Gasteiger charge is 2.73. The highest BCUT2D eigenvalue weighted by Crippen LogP contribution is 2.57. The molecule has 0 aromatic heterocycles. The van der Waals surface area contributed by atoms with Gasteiger partial charge >= 0.3 is 18.9 Å². The summed E-state index contributed by atoms with van der Waals surface area (Å²) in [6.07, 6.45) is 4.87. The van der Waals surface area contributed by atoms with E-state index in [1.165, 1.54) is 0 Å². The zero-order valence-electron chi connectivity index (χ0n) is 36.4. The Morgan fingerprint density at radius 1 is 0.610 bits per heavy atom. The molecule has 6 aliphatic heterocycles. The molecular formula is C44H68BO14-. The molecule has 0 aliphatic carbocycles. The summed E-state index contributed by atoms with van der Waals surface area (Å²) in [6.45, 7) is 11.1. The Hall–Kier alpha value is -2.50. The van der Waals surface area contributed by atoms with E-state index >= 15 is 0 Å². The fourth-order valence-corrected chi connectivity index (χ4v) is 9.52. The molecule has 12 atom stereocenters. The first kappa shape index (κ1) is 46.0. The van der Waals surface area contributed by atoms with Crippen molar-refractivity contribution in [3.8, 4) is 0 Å². The lowest BCUT2D eigenvalue weighted by Gasteiger charge is -2.51. The average Bonchev–Trinajstić information content (AvgIpc) is 3.68. The van der Waals surface area contributed by atoms with E-state index in [1.807, 2.05) is 52.0 Å². The van der Waals surface area contributed by atoms with E-state index in [0.717, 1.165) is 0 Å². The number of carbonyl (C=O) groups is 4. The monoisotopic (exact) mass is 831 g/mol. The molecule has 2 N–H and O–H groups in total. The third kappa shape index (κ3) is 9.19. The molecule has 2 unspecified atom stereocenters. The van der Waals surface area contributed by atoms with Crippen LogP contribution >= 0.6 is 0 Å². The number of esters is 2. The van der Waals surface area contributed by atoms with Gasteiger partial charge in [0.1, 0.15) is 23.8 Å². The van der Waals surface area contributed by atoms with Crippen molar-refractivity contribution in [2.24, 2.45) is 22.7 Å². The first-order valence-corrected chi connectivity index (χ1v) is 22.2. The van der Waals surface area contributed by atoms with Crippen LogP contribution in [-0.4, -0.2) is 101 Å². The second kappa shape index (κ2) is 18.1. The van der Waals surface area contributed by atoms with E-state index in [0.29, 0.717) is 77.0 Å². The number of rotatable bonds is 2. The van der Waals surface area contributed by atoms with Crippen LogP contribution in [-0.2, 0) is 56.7 Å². The number of allylic oxidation sites excluding steroid dienone is 2. The summed E-state index contributed by atoms with van der Waals surface area (Å²) in [5.74, 6) is -6.89. The second-order valence-electron chi connectivity index (χ2n) is 19.0. The highest BCUT2D eigenvalue weighted by molar-refractivity contribution is 6.56. The molecule has 6 heterocycles. The van der Waals surface area contributed by atoms with E-state index in [2.05, 4.69) is 0 Å². The van der Waals surface area contributed by atoms with E-state index in [1.54, 1.807) is 27.7 Å². The van der Waals surface area contributed by atoms with Crippen LogP contribution in [0.1, 0.15) is 145 Å². The summed E-state index contributed by atoms with van der Waals surface area (Å²) in [5.41, 5.74) is -2.26. The van der Waals surface area contributed by atoms with Crippen LogP contribution < -0.4 is 0 Å². The topological polar surface area (TPSA) is 183 Å². The smallest absolute Gasteiger partial charge is 0.504 e. The minimum atomic E-state index is -3.52. The van der Waals surface area contributed by atoms with Crippen molar-refractivity contribution < 1.29 is 67.0 Å². The molecule has 6 aliphatic rings. The molecule has 3 spiro atoms. The molecular weight excluding hydrogens is 763 g/mol. The molecule has 4 fully saturated rings. The molecule has 332 valence electrons. The number of aliphatic hydroxyl groups excluding tert-OH is 2. The Labute approximate surface area is 349 Å². The van der Waals surface area contributed by atoms with Gasteiger partial charge in [0.25, 0.3) is 0 Å². The van der Waals surface area contributed by atoms with Crippen molar-refractivity contribution in [1.29, 1.82) is 0 Å². The van der Waals surface area contributed by atoms with Crippen molar-refractivity contribution in [1.82, 2.24) is 0 Å². The summed E-state index contributed by atoms with van der Waals surface area (Å²) in [4.78, 5) is 57.3.